The third-order valence-electron chi connectivity index (χ3n) is 2.95. The zero-order valence-electron chi connectivity index (χ0n) is 8.23. The highest BCUT2D eigenvalue weighted by molar-refractivity contribution is 9.11. The van der Waals surface area contributed by atoms with E-state index in [1.165, 1.54) is 38.5 Å². The molecule has 1 aliphatic rings. The minimum atomic E-state index is -0.188. The highest BCUT2D eigenvalue weighted by Crippen LogP contribution is 2.33. The Kier molecular flexibility index (Phi) is 5.00. The van der Waals surface area contributed by atoms with Crippen molar-refractivity contribution in [2.45, 2.75) is 45.4 Å². The molecular formula is C11H18BrF. The van der Waals surface area contributed by atoms with Crippen LogP contribution < -0.4 is 0 Å². The van der Waals surface area contributed by atoms with Crippen molar-refractivity contribution in [3.63, 3.8) is 0 Å². The highest BCUT2D eigenvalue weighted by Gasteiger charge is 2.19. The van der Waals surface area contributed by atoms with Crippen LogP contribution >= 0.6 is 15.9 Å². The van der Waals surface area contributed by atoms with Crippen molar-refractivity contribution < 1.29 is 4.39 Å². The summed E-state index contributed by atoms with van der Waals surface area (Å²) in [7, 11) is 0. The second-order valence-electron chi connectivity index (χ2n) is 4.03. The van der Waals surface area contributed by atoms with E-state index in [1.807, 2.05) is 0 Å². The normalized spacial score (nSPS) is 30.5. The Morgan fingerprint density at radius 1 is 1.38 bits per heavy atom. The summed E-state index contributed by atoms with van der Waals surface area (Å²) in [5.41, 5.74) is 0. The fraction of sp³-hybridized carbons (Fsp3) is 0.818. The van der Waals surface area contributed by atoms with Gasteiger partial charge in [-0.15, -0.1) is 0 Å². The molecule has 13 heavy (non-hydrogen) atoms. The zero-order valence-corrected chi connectivity index (χ0v) is 9.82. The number of hydrogen-bond acceptors (Lipinski definition) is 0. The average Bonchev–Trinajstić information content (AvgIpc) is 2.08. The second-order valence-corrected chi connectivity index (χ2v) is 4.78. The molecule has 0 unspecified atom stereocenters. The van der Waals surface area contributed by atoms with Gasteiger partial charge in [0.2, 0.25) is 0 Å². The van der Waals surface area contributed by atoms with Gasteiger partial charge in [-0.3, -0.25) is 0 Å². The Hall–Kier alpha value is 0.150. The van der Waals surface area contributed by atoms with Gasteiger partial charge in [0.15, 0.2) is 4.74 Å². The maximum atomic E-state index is 12.5. The average molecular weight is 249 g/mol. The largest absolute Gasteiger partial charge is 0.199 e. The molecule has 0 nitrogen and oxygen atoms in total. The molecule has 0 N–H and O–H groups in total. The highest BCUT2D eigenvalue weighted by atomic mass is 79.9. The van der Waals surface area contributed by atoms with Gasteiger partial charge in [0.05, 0.1) is 0 Å². The maximum Gasteiger partial charge on any atom is 0.162 e. The second kappa shape index (κ2) is 5.79. The van der Waals surface area contributed by atoms with Crippen LogP contribution in [0.4, 0.5) is 4.39 Å². The fourth-order valence-electron chi connectivity index (χ4n) is 2.23. The molecular weight excluding hydrogens is 231 g/mol. The third-order valence-corrected chi connectivity index (χ3v) is 3.21. The van der Waals surface area contributed by atoms with Crippen molar-refractivity contribution in [1.29, 1.82) is 0 Å². The Labute approximate surface area is 88.7 Å². The molecule has 0 aromatic heterocycles. The minimum Gasteiger partial charge on any atom is -0.199 e. The maximum absolute atomic E-state index is 12.5. The van der Waals surface area contributed by atoms with Crippen LogP contribution in [0.25, 0.3) is 0 Å². The van der Waals surface area contributed by atoms with E-state index in [0.29, 0.717) is 5.92 Å². The molecule has 0 radical (unpaired) electrons. The standard InChI is InChI=1S/C11H18BrF/c1-2-3-9-4-6-10(7-5-9)8-11(12)13/h8-10H,2-7H2,1H3. The van der Waals surface area contributed by atoms with Crippen molar-refractivity contribution in [1.82, 2.24) is 0 Å². The fourth-order valence-corrected chi connectivity index (χ4v) is 2.60. The first-order valence-electron chi connectivity index (χ1n) is 5.25. The number of halogens is 2. The Morgan fingerprint density at radius 3 is 2.46 bits per heavy atom. The Bertz CT molecular complexity index is 165. The van der Waals surface area contributed by atoms with Crippen LogP contribution in [0.5, 0.6) is 0 Å². The van der Waals surface area contributed by atoms with E-state index in [0.717, 1.165) is 5.92 Å². The van der Waals surface area contributed by atoms with Gasteiger partial charge in [0.1, 0.15) is 0 Å². The van der Waals surface area contributed by atoms with Crippen molar-refractivity contribution in [3.8, 4) is 0 Å². The first kappa shape index (κ1) is 11.2. The summed E-state index contributed by atoms with van der Waals surface area (Å²) < 4.78 is 12.3. The van der Waals surface area contributed by atoms with Gasteiger partial charge >= 0.3 is 0 Å². The van der Waals surface area contributed by atoms with Gasteiger partial charge in [0, 0.05) is 0 Å². The van der Waals surface area contributed by atoms with E-state index in [-0.39, 0.29) is 4.74 Å². The molecule has 2 heteroatoms. The van der Waals surface area contributed by atoms with Crippen molar-refractivity contribution >= 4 is 15.9 Å². The lowest BCUT2D eigenvalue weighted by molar-refractivity contribution is 0.293. The molecule has 0 heterocycles. The molecule has 0 aromatic carbocycles. The van der Waals surface area contributed by atoms with Gasteiger partial charge in [-0.2, -0.15) is 4.39 Å². The quantitative estimate of drug-likeness (QED) is 0.674. The van der Waals surface area contributed by atoms with Gasteiger partial charge in [-0.1, -0.05) is 19.8 Å². The van der Waals surface area contributed by atoms with E-state index in [2.05, 4.69) is 22.9 Å². The molecule has 1 fully saturated rings. The summed E-state index contributed by atoms with van der Waals surface area (Å²) in [6.07, 6.45) is 9.28. The van der Waals surface area contributed by atoms with Gasteiger partial charge in [-0.25, -0.2) is 0 Å². The summed E-state index contributed by atoms with van der Waals surface area (Å²) in [4.78, 5) is 0. The van der Waals surface area contributed by atoms with Crippen molar-refractivity contribution in [3.05, 3.63) is 10.8 Å². The van der Waals surface area contributed by atoms with E-state index in [4.69, 9.17) is 0 Å². The van der Waals surface area contributed by atoms with Crippen LogP contribution in [-0.2, 0) is 0 Å². The van der Waals surface area contributed by atoms with E-state index >= 15 is 0 Å². The van der Waals surface area contributed by atoms with Crippen molar-refractivity contribution in [2.24, 2.45) is 11.8 Å². The lowest BCUT2D eigenvalue weighted by Gasteiger charge is -2.26. The topological polar surface area (TPSA) is 0 Å². The molecule has 1 rings (SSSR count). The smallest absolute Gasteiger partial charge is 0.162 e. The molecule has 0 aromatic rings. The molecule has 1 aliphatic carbocycles. The SMILES string of the molecule is CCCC1CCC(C=C(F)Br)CC1. The summed E-state index contributed by atoms with van der Waals surface area (Å²) >= 11 is 2.85. The van der Waals surface area contributed by atoms with E-state index in [9.17, 15) is 4.39 Å². The predicted molar refractivity (Wildman–Crippen MR) is 58.5 cm³/mol. The summed E-state index contributed by atoms with van der Waals surface area (Å²) in [5.74, 6) is 1.39. The molecule has 76 valence electrons. The van der Waals surface area contributed by atoms with Crippen LogP contribution in [0, 0.1) is 11.8 Å². The van der Waals surface area contributed by atoms with Crippen LogP contribution in [0.15, 0.2) is 10.8 Å². The van der Waals surface area contributed by atoms with Crippen LogP contribution in [0.1, 0.15) is 45.4 Å². The summed E-state index contributed by atoms with van der Waals surface area (Å²) in [6, 6.07) is 0. The Morgan fingerprint density at radius 2 is 2.00 bits per heavy atom. The third kappa shape index (κ3) is 4.26. The first-order chi connectivity index (χ1) is 6.22. The van der Waals surface area contributed by atoms with Crippen molar-refractivity contribution in [2.75, 3.05) is 0 Å². The Balaban J connectivity index is 2.26. The zero-order chi connectivity index (χ0) is 9.68. The molecule has 0 bridgehead atoms. The number of hydrogen-bond donors (Lipinski definition) is 0. The molecule has 1 saturated carbocycles. The van der Waals surface area contributed by atoms with E-state index < -0.39 is 0 Å². The molecule has 0 saturated heterocycles. The molecule has 0 spiro atoms. The van der Waals surface area contributed by atoms with Crippen LogP contribution in [-0.4, -0.2) is 0 Å². The van der Waals surface area contributed by atoms with Crippen LogP contribution in [0.3, 0.4) is 0 Å². The predicted octanol–water partition coefficient (Wildman–Crippen LogP) is 4.80. The van der Waals surface area contributed by atoms with Gasteiger partial charge in [0.25, 0.3) is 0 Å². The van der Waals surface area contributed by atoms with Gasteiger partial charge in [-0.05, 0) is 59.5 Å². The monoisotopic (exact) mass is 248 g/mol. The molecule has 0 aliphatic heterocycles. The summed E-state index contributed by atoms with van der Waals surface area (Å²) in [6.45, 7) is 2.24. The minimum absolute atomic E-state index is 0.188. The molecule has 0 amide bonds. The van der Waals surface area contributed by atoms with Crippen LogP contribution in [0.2, 0.25) is 0 Å². The van der Waals surface area contributed by atoms with Gasteiger partial charge < -0.3 is 0 Å². The lowest BCUT2D eigenvalue weighted by Crippen LogP contribution is -2.12. The first-order valence-corrected chi connectivity index (χ1v) is 6.04. The summed E-state index contributed by atoms with van der Waals surface area (Å²) in [5, 5.41) is 0. The van der Waals surface area contributed by atoms with E-state index in [1.54, 1.807) is 6.08 Å². The lowest BCUT2D eigenvalue weighted by atomic mass is 9.80. The number of rotatable bonds is 3. The molecule has 0 atom stereocenters. The number of allylic oxidation sites excluding steroid dienone is 1.